The van der Waals surface area contributed by atoms with E-state index in [2.05, 4.69) is 5.32 Å². The molecule has 3 aromatic carbocycles. The Morgan fingerprint density at radius 2 is 1.77 bits per heavy atom. The molecule has 0 aliphatic rings. The number of nitro groups is 1. The molecule has 0 saturated heterocycles. The fraction of sp³-hybridized carbons (Fsp3) is 0.136. The number of nitro benzene ring substituents is 1. The Kier molecular flexibility index (Phi) is 8.05. The van der Waals surface area contributed by atoms with E-state index in [0.29, 0.717) is 15.1 Å². The number of halogens is 2. The maximum absolute atomic E-state index is 13.7. The molecule has 184 valence electrons. The lowest BCUT2D eigenvalue weighted by Gasteiger charge is -2.26. The average Bonchev–Trinajstić information content (AvgIpc) is 2.83. The molecule has 0 bridgehead atoms. The number of nitrogens with zero attached hydrogens (tertiary/aromatic N) is 2. The summed E-state index contributed by atoms with van der Waals surface area (Å²) in [5, 5.41) is 14.5. The molecule has 13 heteroatoms. The SMILES string of the molecule is COc1ccc(N(CC(=O)Nc2ccc(Cl)cc2Cl)S(=O)(=O)c2ccccc2[N+](=O)[O-])c(OC)c1. The Hall–Kier alpha value is -3.54. The van der Waals surface area contributed by atoms with Gasteiger partial charge in [-0.05, 0) is 36.4 Å². The topological polar surface area (TPSA) is 128 Å². The Morgan fingerprint density at radius 3 is 2.40 bits per heavy atom. The van der Waals surface area contributed by atoms with Gasteiger partial charge in [-0.15, -0.1) is 0 Å². The molecule has 0 spiro atoms. The van der Waals surface area contributed by atoms with Gasteiger partial charge in [0.05, 0.1) is 35.5 Å². The van der Waals surface area contributed by atoms with Crippen molar-refractivity contribution in [1.29, 1.82) is 0 Å². The Labute approximate surface area is 211 Å². The summed E-state index contributed by atoms with van der Waals surface area (Å²) in [6, 6.07) is 13.4. The average molecular weight is 540 g/mol. The van der Waals surface area contributed by atoms with E-state index >= 15 is 0 Å². The summed E-state index contributed by atoms with van der Waals surface area (Å²) in [6.07, 6.45) is 0. The van der Waals surface area contributed by atoms with Crippen LogP contribution < -0.4 is 19.1 Å². The van der Waals surface area contributed by atoms with Gasteiger partial charge in [0.2, 0.25) is 5.91 Å². The van der Waals surface area contributed by atoms with Gasteiger partial charge in [0.1, 0.15) is 18.0 Å². The van der Waals surface area contributed by atoms with Gasteiger partial charge in [0, 0.05) is 17.2 Å². The lowest BCUT2D eigenvalue weighted by molar-refractivity contribution is -0.387. The van der Waals surface area contributed by atoms with Crippen LogP contribution in [0.25, 0.3) is 0 Å². The molecule has 0 aromatic heterocycles. The number of ether oxygens (including phenoxy) is 2. The molecule has 3 rings (SSSR count). The van der Waals surface area contributed by atoms with E-state index in [1.165, 1.54) is 62.8 Å². The highest BCUT2D eigenvalue weighted by Gasteiger charge is 2.34. The van der Waals surface area contributed by atoms with Crippen LogP contribution in [0.2, 0.25) is 10.0 Å². The van der Waals surface area contributed by atoms with Crippen LogP contribution in [-0.4, -0.2) is 40.0 Å². The Balaban J connectivity index is 2.11. The van der Waals surface area contributed by atoms with Crippen molar-refractivity contribution in [2.75, 3.05) is 30.4 Å². The van der Waals surface area contributed by atoms with Gasteiger partial charge in [-0.25, -0.2) is 8.42 Å². The van der Waals surface area contributed by atoms with Crippen LogP contribution in [-0.2, 0) is 14.8 Å². The molecule has 0 fully saturated rings. The zero-order valence-corrected chi connectivity index (χ0v) is 20.7. The number of sulfonamides is 1. The summed E-state index contributed by atoms with van der Waals surface area (Å²) >= 11 is 12.0. The lowest BCUT2D eigenvalue weighted by atomic mass is 10.2. The highest BCUT2D eigenvalue weighted by atomic mass is 35.5. The fourth-order valence-electron chi connectivity index (χ4n) is 3.15. The van der Waals surface area contributed by atoms with Gasteiger partial charge in [0.15, 0.2) is 4.90 Å². The minimum atomic E-state index is -4.63. The van der Waals surface area contributed by atoms with Gasteiger partial charge < -0.3 is 14.8 Å². The number of amides is 1. The second-order valence-corrected chi connectivity index (χ2v) is 9.62. The molecule has 0 aliphatic heterocycles. The van der Waals surface area contributed by atoms with Crippen molar-refractivity contribution in [3.8, 4) is 11.5 Å². The molecule has 10 nitrogen and oxygen atoms in total. The van der Waals surface area contributed by atoms with Crippen molar-refractivity contribution in [2.45, 2.75) is 4.90 Å². The smallest absolute Gasteiger partial charge is 0.289 e. The summed E-state index contributed by atoms with van der Waals surface area (Å²) in [5.41, 5.74) is -0.485. The molecule has 0 saturated carbocycles. The number of para-hydroxylation sites is 1. The third-order valence-corrected chi connectivity index (χ3v) is 7.13. The highest BCUT2D eigenvalue weighted by Crippen LogP contribution is 2.37. The summed E-state index contributed by atoms with van der Waals surface area (Å²) < 4.78 is 38.6. The van der Waals surface area contributed by atoms with E-state index in [1.54, 1.807) is 0 Å². The summed E-state index contributed by atoms with van der Waals surface area (Å²) in [7, 11) is -1.91. The molecular formula is C22H19Cl2N3O7S. The number of hydrogen-bond donors (Lipinski definition) is 1. The number of rotatable bonds is 9. The molecule has 35 heavy (non-hydrogen) atoms. The molecule has 0 heterocycles. The van der Waals surface area contributed by atoms with Crippen molar-refractivity contribution >= 4 is 56.2 Å². The van der Waals surface area contributed by atoms with Gasteiger partial charge >= 0.3 is 0 Å². The van der Waals surface area contributed by atoms with Crippen LogP contribution in [0.1, 0.15) is 0 Å². The molecular weight excluding hydrogens is 521 g/mol. The number of methoxy groups -OCH3 is 2. The quantitative estimate of drug-likeness (QED) is 0.306. The summed E-state index contributed by atoms with van der Waals surface area (Å²) in [4.78, 5) is 23.1. The van der Waals surface area contributed by atoms with E-state index in [-0.39, 0.29) is 22.1 Å². The van der Waals surface area contributed by atoms with Gasteiger partial charge in [-0.2, -0.15) is 0 Å². The van der Waals surface area contributed by atoms with Gasteiger partial charge in [-0.3, -0.25) is 19.2 Å². The van der Waals surface area contributed by atoms with Crippen LogP contribution in [0, 0.1) is 10.1 Å². The lowest BCUT2D eigenvalue weighted by Crippen LogP contribution is -2.38. The van der Waals surface area contributed by atoms with Gasteiger partial charge in [0.25, 0.3) is 15.7 Å². The fourth-order valence-corrected chi connectivity index (χ4v) is 5.19. The molecule has 0 unspecified atom stereocenters. The normalized spacial score (nSPS) is 11.0. The standard InChI is InChI=1S/C22H19Cl2N3O7S/c1-33-15-8-10-18(20(12-15)34-2)26(13-22(28)25-17-9-7-14(23)11-16(17)24)35(31,32)21-6-4-3-5-19(21)27(29)30/h3-12H,13H2,1-2H3,(H,25,28). The number of carbonyl (C=O) groups is 1. The third kappa shape index (κ3) is 5.76. The molecule has 0 aliphatic carbocycles. The molecule has 0 atom stereocenters. The maximum atomic E-state index is 13.7. The van der Waals surface area contributed by atoms with E-state index in [9.17, 15) is 23.3 Å². The maximum Gasteiger partial charge on any atom is 0.289 e. The van der Waals surface area contributed by atoms with E-state index in [4.69, 9.17) is 32.7 Å². The minimum Gasteiger partial charge on any atom is -0.497 e. The van der Waals surface area contributed by atoms with Crippen LogP contribution in [0.5, 0.6) is 11.5 Å². The monoisotopic (exact) mass is 539 g/mol. The second-order valence-electron chi connectivity index (χ2n) is 6.95. The van der Waals surface area contributed by atoms with Crippen molar-refractivity contribution < 1.29 is 27.6 Å². The number of anilines is 2. The number of carbonyl (C=O) groups excluding carboxylic acids is 1. The van der Waals surface area contributed by atoms with E-state index in [1.807, 2.05) is 0 Å². The van der Waals surface area contributed by atoms with Gasteiger partial charge in [-0.1, -0.05) is 35.3 Å². The molecule has 1 amide bonds. The van der Waals surface area contributed by atoms with Crippen LogP contribution in [0.3, 0.4) is 0 Å². The first-order chi connectivity index (χ1) is 16.6. The Bertz CT molecular complexity index is 1380. The predicted molar refractivity (Wildman–Crippen MR) is 132 cm³/mol. The van der Waals surface area contributed by atoms with Crippen LogP contribution >= 0.6 is 23.2 Å². The van der Waals surface area contributed by atoms with E-state index < -0.39 is 38.0 Å². The molecule has 3 aromatic rings. The molecule has 1 N–H and O–H groups in total. The third-order valence-electron chi connectivity index (χ3n) is 4.78. The van der Waals surface area contributed by atoms with Crippen molar-refractivity contribution in [3.63, 3.8) is 0 Å². The zero-order chi connectivity index (χ0) is 25.8. The number of benzene rings is 3. The van der Waals surface area contributed by atoms with Crippen molar-refractivity contribution in [2.24, 2.45) is 0 Å². The largest absolute Gasteiger partial charge is 0.497 e. The second kappa shape index (κ2) is 10.8. The first-order valence-corrected chi connectivity index (χ1v) is 12.0. The highest BCUT2D eigenvalue weighted by molar-refractivity contribution is 7.93. The number of nitrogens with one attached hydrogen (secondary N) is 1. The predicted octanol–water partition coefficient (Wildman–Crippen LogP) is 4.75. The number of hydrogen-bond acceptors (Lipinski definition) is 7. The molecule has 0 radical (unpaired) electrons. The summed E-state index contributed by atoms with van der Waals surface area (Å²) in [5.74, 6) is -0.343. The van der Waals surface area contributed by atoms with Crippen molar-refractivity contribution in [1.82, 2.24) is 0 Å². The van der Waals surface area contributed by atoms with Crippen LogP contribution in [0.15, 0.2) is 65.6 Å². The first-order valence-electron chi connectivity index (χ1n) is 9.81. The van der Waals surface area contributed by atoms with Crippen LogP contribution in [0.4, 0.5) is 17.1 Å². The van der Waals surface area contributed by atoms with E-state index in [0.717, 1.165) is 12.1 Å². The Morgan fingerprint density at radius 1 is 1.06 bits per heavy atom. The zero-order valence-electron chi connectivity index (χ0n) is 18.4. The summed E-state index contributed by atoms with van der Waals surface area (Å²) in [6.45, 7) is -0.754. The van der Waals surface area contributed by atoms with Crippen molar-refractivity contribution in [3.05, 3.63) is 80.8 Å². The first kappa shape index (κ1) is 26.1. The minimum absolute atomic E-state index is 0.0381.